The fourth-order valence-electron chi connectivity index (χ4n) is 8.69. The molecule has 23 heteroatoms. The number of carbonyl (C=O) groups excluding carboxylic acids is 9. The Balaban J connectivity index is 1.05. The molecule has 3 aliphatic heterocycles. The first-order valence-corrected chi connectivity index (χ1v) is 24.7. The Morgan fingerprint density at radius 3 is 2.05 bits per heavy atom. The number of fused-ring (bicyclic) bond motifs is 2. The maximum Gasteiger partial charge on any atom is 0.416 e. The van der Waals surface area contributed by atoms with Crippen molar-refractivity contribution in [2.45, 2.75) is 96.4 Å². The van der Waals surface area contributed by atoms with Crippen molar-refractivity contribution in [1.29, 1.82) is 0 Å². The number of ether oxygens (including phenoxy) is 4. The number of anilines is 2. The Labute approximate surface area is 439 Å². The third-order valence-corrected chi connectivity index (χ3v) is 12.9. The van der Waals surface area contributed by atoms with E-state index in [0.29, 0.717) is 23.4 Å². The number of amides is 9. The zero-order chi connectivity index (χ0) is 55.4. The monoisotopic (exact) mass is 1050 g/mol. The third-order valence-electron chi connectivity index (χ3n) is 12.9. The number of carbonyl (C=O) groups is 9. The predicted molar refractivity (Wildman–Crippen MR) is 276 cm³/mol. The molecular weight excluding hydrogens is 987 g/mol. The second kappa shape index (κ2) is 25.8. The average molecular weight is 1050 g/mol. The topological polar surface area (TPSA) is 293 Å². The van der Waals surface area contributed by atoms with E-state index in [1.165, 1.54) is 45.2 Å². The van der Waals surface area contributed by atoms with Gasteiger partial charge in [-0.15, -0.1) is 0 Å². The molecule has 0 saturated heterocycles. The van der Waals surface area contributed by atoms with Gasteiger partial charge < -0.3 is 60.9 Å². The molecular formula is C53H65N9O14. The van der Waals surface area contributed by atoms with E-state index < -0.39 is 95.7 Å². The lowest BCUT2D eigenvalue weighted by atomic mass is 10.0. The summed E-state index contributed by atoms with van der Waals surface area (Å²) >= 11 is 0. The standard InChI is InChI=1S/C53H65N9O14/c1-9-22-55-48(67)37(58-49(68)40(26-54-5)61-44(64)20-21-45(61)65)18-19-43(63)59-46(29(2)3)50(69)56-30(4)47(66)57-34-14-10-31(11-15-34)28-76-53(72)62-38-25-42(75-8)41(74-7)24-36(38)51(70)60-27-33(23-39(60)52(62)71)32-12-16-35(73-6)17-13-32/h10-17,20-21,24-25,27,29-30,37,39-40,46,52,54,71H,9,18-19,22-23,26,28H2,1-8H3,(H,55,67)(H,56,69)(H,57,66)(H,58,68)(H,59,63)/t30-,37-,39-,40-,46-,52-/m0/s1. The summed E-state index contributed by atoms with van der Waals surface area (Å²) in [5, 5.41) is 28.0. The zero-order valence-electron chi connectivity index (χ0n) is 43.6. The molecule has 0 radical (unpaired) electrons. The van der Waals surface area contributed by atoms with Crippen molar-refractivity contribution in [2.75, 3.05) is 51.7 Å². The second-order valence-electron chi connectivity index (χ2n) is 18.5. The van der Waals surface area contributed by atoms with Gasteiger partial charge >= 0.3 is 6.09 Å². The lowest BCUT2D eigenvalue weighted by Gasteiger charge is -2.31. The number of aliphatic hydroxyl groups is 1. The van der Waals surface area contributed by atoms with Crippen LogP contribution in [-0.4, -0.2) is 146 Å². The largest absolute Gasteiger partial charge is 0.497 e. The minimum absolute atomic E-state index is 0.0433. The Morgan fingerprint density at radius 1 is 0.789 bits per heavy atom. The van der Waals surface area contributed by atoms with E-state index in [2.05, 4.69) is 31.9 Å². The van der Waals surface area contributed by atoms with Gasteiger partial charge in [0, 0.05) is 49.6 Å². The highest BCUT2D eigenvalue weighted by Gasteiger charge is 2.46. The van der Waals surface area contributed by atoms with Crippen molar-refractivity contribution in [1.82, 2.24) is 36.4 Å². The summed E-state index contributed by atoms with van der Waals surface area (Å²) in [6.07, 6.45) is 1.50. The molecule has 9 amide bonds. The Hall–Kier alpha value is -8.31. The molecule has 7 N–H and O–H groups in total. The van der Waals surface area contributed by atoms with Crippen molar-refractivity contribution in [3.05, 3.63) is 95.7 Å². The van der Waals surface area contributed by atoms with Crippen LogP contribution < -0.4 is 51.0 Å². The van der Waals surface area contributed by atoms with E-state index in [1.54, 1.807) is 63.6 Å². The predicted octanol–water partition coefficient (Wildman–Crippen LogP) is 2.33. The van der Waals surface area contributed by atoms with Gasteiger partial charge in [-0.3, -0.25) is 43.3 Å². The highest BCUT2D eigenvalue weighted by atomic mass is 16.6. The number of nitrogens with one attached hydrogen (secondary N) is 6. The van der Waals surface area contributed by atoms with Gasteiger partial charge in [0.05, 0.1) is 38.6 Å². The molecule has 0 spiro atoms. The smallest absolute Gasteiger partial charge is 0.416 e. The summed E-state index contributed by atoms with van der Waals surface area (Å²) in [7, 11) is 5.90. The number of hydrogen-bond donors (Lipinski definition) is 7. The summed E-state index contributed by atoms with van der Waals surface area (Å²) in [6, 6.07) is 10.8. The molecule has 0 aromatic heterocycles. The summed E-state index contributed by atoms with van der Waals surface area (Å²) in [5.74, 6) is -4.48. The van der Waals surface area contributed by atoms with E-state index in [4.69, 9.17) is 18.9 Å². The fourth-order valence-corrected chi connectivity index (χ4v) is 8.69. The molecule has 0 fully saturated rings. The number of likely N-dealkylation sites (N-methyl/N-ethyl adjacent to an activating group) is 1. The molecule has 23 nitrogen and oxygen atoms in total. The van der Waals surface area contributed by atoms with E-state index in [0.717, 1.165) is 33.1 Å². The third kappa shape index (κ3) is 13.3. The van der Waals surface area contributed by atoms with Gasteiger partial charge in [-0.2, -0.15) is 0 Å². The van der Waals surface area contributed by atoms with Crippen molar-refractivity contribution in [3.63, 3.8) is 0 Å². The fraction of sp³-hybridized carbons (Fsp3) is 0.415. The summed E-state index contributed by atoms with van der Waals surface area (Å²) in [4.78, 5) is 123. The van der Waals surface area contributed by atoms with Crippen LogP contribution in [0.15, 0.2) is 79.0 Å². The summed E-state index contributed by atoms with van der Waals surface area (Å²) < 4.78 is 22.0. The quantitative estimate of drug-likeness (QED) is 0.0671. The van der Waals surface area contributed by atoms with Crippen molar-refractivity contribution in [2.24, 2.45) is 5.92 Å². The number of rotatable bonds is 23. The number of hydrogen-bond acceptors (Lipinski definition) is 15. The van der Waals surface area contributed by atoms with E-state index in [9.17, 15) is 48.3 Å². The van der Waals surface area contributed by atoms with Crippen LogP contribution in [0.3, 0.4) is 0 Å². The molecule has 0 bridgehead atoms. The molecule has 0 unspecified atom stereocenters. The lowest BCUT2D eigenvalue weighted by Crippen LogP contribution is -2.58. The normalized spacial score (nSPS) is 17.3. The van der Waals surface area contributed by atoms with Crippen LogP contribution in [0, 0.1) is 5.92 Å². The number of aliphatic hydroxyl groups excluding tert-OH is 1. The van der Waals surface area contributed by atoms with Crippen molar-refractivity contribution < 1.29 is 67.2 Å². The zero-order valence-corrected chi connectivity index (χ0v) is 43.6. The molecule has 6 atom stereocenters. The molecule has 6 rings (SSSR count). The SMILES string of the molecule is CCCNC(=O)[C@H](CCC(=O)N[C@H](C(=O)N[C@@H](C)C(=O)Nc1ccc(COC(=O)N2c3cc(OC)c(OC)cc3C(=O)N3C=C(c4ccc(OC)cc4)C[C@H]3[C@@H]2O)cc1)C(C)C)NC(=O)[C@H](CNC)N1C(=O)C=CC1=O. The molecule has 3 aromatic carbocycles. The maximum atomic E-state index is 14.2. The summed E-state index contributed by atoms with van der Waals surface area (Å²) in [5.41, 5.74) is 2.49. The van der Waals surface area contributed by atoms with Gasteiger partial charge in [0.25, 0.3) is 17.7 Å². The van der Waals surface area contributed by atoms with Crippen LogP contribution >= 0.6 is 0 Å². The van der Waals surface area contributed by atoms with Crippen molar-refractivity contribution >= 4 is 70.3 Å². The highest BCUT2D eigenvalue weighted by molar-refractivity contribution is 6.15. The van der Waals surface area contributed by atoms with Crippen LogP contribution in [0.5, 0.6) is 17.2 Å². The molecule has 3 aliphatic rings. The van der Waals surface area contributed by atoms with E-state index in [1.807, 2.05) is 19.1 Å². The van der Waals surface area contributed by atoms with Gasteiger partial charge in [0.2, 0.25) is 29.5 Å². The first-order valence-electron chi connectivity index (χ1n) is 24.7. The lowest BCUT2D eigenvalue weighted by molar-refractivity contribution is -0.145. The van der Waals surface area contributed by atoms with Gasteiger partial charge in [-0.1, -0.05) is 45.0 Å². The first-order chi connectivity index (χ1) is 36.3. The van der Waals surface area contributed by atoms with Crippen LogP contribution in [0.1, 0.15) is 74.9 Å². The number of nitrogens with zero attached hydrogens (tertiary/aromatic N) is 3. The first kappa shape index (κ1) is 57.0. The highest BCUT2D eigenvalue weighted by Crippen LogP contribution is 2.43. The maximum absolute atomic E-state index is 14.2. The molecule has 0 saturated carbocycles. The van der Waals surface area contributed by atoms with Crippen LogP contribution in [0.4, 0.5) is 16.2 Å². The van der Waals surface area contributed by atoms with Crippen molar-refractivity contribution in [3.8, 4) is 17.2 Å². The molecule has 76 heavy (non-hydrogen) atoms. The van der Waals surface area contributed by atoms with Crippen LogP contribution in [0.25, 0.3) is 5.57 Å². The van der Waals surface area contributed by atoms with Gasteiger partial charge in [-0.05, 0) is 86.2 Å². The van der Waals surface area contributed by atoms with Gasteiger partial charge in [-0.25, -0.2) is 9.69 Å². The summed E-state index contributed by atoms with van der Waals surface area (Å²) in [6.45, 7) is 6.58. The van der Waals surface area contributed by atoms with Gasteiger partial charge in [0.1, 0.15) is 36.5 Å². The van der Waals surface area contributed by atoms with E-state index in [-0.39, 0.29) is 61.7 Å². The molecule has 406 valence electrons. The molecule has 3 aromatic rings. The van der Waals surface area contributed by atoms with Gasteiger partial charge in [0.15, 0.2) is 17.7 Å². The Morgan fingerprint density at radius 2 is 1.45 bits per heavy atom. The van der Waals surface area contributed by atoms with Crippen LogP contribution in [0.2, 0.25) is 0 Å². The molecule has 0 aliphatic carbocycles. The minimum atomic E-state index is -1.57. The van der Waals surface area contributed by atoms with Crippen LogP contribution in [-0.2, 0) is 44.9 Å². The average Bonchev–Trinajstić information content (AvgIpc) is 3.99. The molecule has 3 heterocycles. The minimum Gasteiger partial charge on any atom is -0.497 e. The number of methoxy groups -OCH3 is 3. The number of benzene rings is 3. The Kier molecular flexibility index (Phi) is 19.3. The Bertz CT molecular complexity index is 2730. The number of imide groups is 1. The van der Waals surface area contributed by atoms with E-state index >= 15 is 0 Å². The second-order valence-corrected chi connectivity index (χ2v) is 18.5.